The number of rotatable bonds is 7. The quantitative estimate of drug-likeness (QED) is 0.719. The minimum absolute atomic E-state index is 0.0263. The monoisotopic (exact) mass is 385 g/mol. The van der Waals surface area contributed by atoms with Gasteiger partial charge in [-0.2, -0.15) is 0 Å². The highest BCUT2D eigenvalue weighted by molar-refractivity contribution is 5.17. The standard InChI is InChI=1S/C20H31N7O/c1-28-16-15-27-20(22-23-24-27)19(18-9-5-6-10-21-18)26-13-11-25(12-14-26)17-7-3-2-4-8-17/h5-6,9-10,17,19H,2-4,7-8,11-16H2,1H3/t19-/m0/s1. The number of pyridine rings is 1. The van der Waals surface area contributed by atoms with Crippen LogP contribution in [0.15, 0.2) is 24.4 Å². The molecular weight excluding hydrogens is 354 g/mol. The number of aromatic nitrogens is 5. The Morgan fingerprint density at radius 3 is 2.64 bits per heavy atom. The zero-order valence-corrected chi connectivity index (χ0v) is 16.8. The van der Waals surface area contributed by atoms with Gasteiger partial charge in [0.1, 0.15) is 6.04 Å². The molecule has 2 aromatic rings. The van der Waals surface area contributed by atoms with Gasteiger partial charge in [-0.1, -0.05) is 25.3 Å². The van der Waals surface area contributed by atoms with Crippen molar-refractivity contribution in [1.82, 2.24) is 35.0 Å². The highest BCUT2D eigenvalue weighted by Gasteiger charge is 2.33. The van der Waals surface area contributed by atoms with Crippen molar-refractivity contribution < 1.29 is 4.74 Å². The van der Waals surface area contributed by atoms with Crippen molar-refractivity contribution in [3.63, 3.8) is 0 Å². The maximum absolute atomic E-state index is 5.23. The van der Waals surface area contributed by atoms with Crippen LogP contribution in [0.5, 0.6) is 0 Å². The summed E-state index contributed by atoms with van der Waals surface area (Å²) in [6, 6.07) is 6.82. The molecule has 1 aliphatic carbocycles. The predicted molar refractivity (Wildman–Crippen MR) is 106 cm³/mol. The minimum Gasteiger partial charge on any atom is -0.383 e. The van der Waals surface area contributed by atoms with E-state index in [1.165, 1.54) is 32.1 Å². The lowest BCUT2D eigenvalue weighted by atomic mass is 9.93. The molecule has 1 atom stereocenters. The van der Waals surface area contributed by atoms with Gasteiger partial charge in [0.2, 0.25) is 0 Å². The van der Waals surface area contributed by atoms with Crippen LogP contribution in [0.4, 0.5) is 0 Å². The molecular formula is C20H31N7O. The molecule has 8 nitrogen and oxygen atoms in total. The van der Waals surface area contributed by atoms with Gasteiger partial charge in [0.15, 0.2) is 5.82 Å². The zero-order valence-electron chi connectivity index (χ0n) is 16.8. The van der Waals surface area contributed by atoms with Crippen LogP contribution >= 0.6 is 0 Å². The Bertz CT molecular complexity index is 708. The lowest BCUT2D eigenvalue weighted by Crippen LogP contribution is -2.52. The van der Waals surface area contributed by atoms with Crippen LogP contribution in [-0.4, -0.2) is 80.9 Å². The van der Waals surface area contributed by atoms with Crippen LogP contribution in [-0.2, 0) is 11.3 Å². The molecule has 1 saturated heterocycles. The molecule has 3 heterocycles. The molecule has 0 N–H and O–H groups in total. The molecule has 8 heteroatoms. The molecule has 0 radical (unpaired) electrons. The maximum atomic E-state index is 5.23. The molecule has 2 fully saturated rings. The third-order valence-electron chi connectivity index (χ3n) is 6.08. The Labute approximate surface area is 166 Å². The zero-order chi connectivity index (χ0) is 19.2. The van der Waals surface area contributed by atoms with Gasteiger partial charge in [0, 0.05) is 45.5 Å². The third kappa shape index (κ3) is 4.39. The molecule has 2 aromatic heterocycles. The first-order valence-corrected chi connectivity index (χ1v) is 10.5. The van der Waals surface area contributed by atoms with Crippen LogP contribution in [0, 0.1) is 0 Å². The minimum atomic E-state index is -0.0263. The van der Waals surface area contributed by atoms with Crippen molar-refractivity contribution in [3.8, 4) is 0 Å². The number of tetrazole rings is 1. The normalized spacial score (nSPS) is 21.0. The van der Waals surface area contributed by atoms with Gasteiger partial charge < -0.3 is 4.74 Å². The summed E-state index contributed by atoms with van der Waals surface area (Å²) < 4.78 is 7.09. The summed E-state index contributed by atoms with van der Waals surface area (Å²) in [5, 5.41) is 12.5. The number of methoxy groups -OCH3 is 1. The van der Waals surface area contributed by atoms with E-state index >= 15 is 0 Å². The van der Waals surface area contributed by atoms with Gasteiger partial charge in [-0.15, -0.1) is 5.10 Å². The Morgan fingerprint density at radius 1 is 1.11 bits per heavy atom. The summed E-state index contributed by atoms with van der Waals surface area (Å²) in [5.74, 6) is 0.849. The van der Waals surface area contributed by atoms with Crippen molar-refractivity contribution in [1.29, 1.82) is 0 Å². The van der Waals surface area contributed by atoms with Crippen LogP contribution < -0.4 is 0 Å². The Balaban J connectivity index is 1.51. The fourth-order valence-corrected chi connectivity index (χ4v) is 4.57. The first-order chi connectivity index (χ1) is 13.9. The fraction of sp³-hybridized carbons (Fsp3) is 0.700. The number of ether oxygens (including phenoxy) is 1. The second-order valence-corrected chi connectivity index (χ2v) is 7.77. The predicted octanol–water partition coefficient (Wildman–Crippen LogP) is 1.75. The van der Waals surface area contributed by atoms with Crippen LogP contribution in [0.2, 0.25) is 0 Å². The second-order valence-electron chi connectivity index (χ2n) is 7.77. The van der Waals surface area contributed by atoms with E-state index in [0.717, 1.165) is 43.7 Å². The Hall–Kier alpha value is -1.90. The first kappa shape index (κ1) is 19.4. The molecule has 0 aromatic carbocycles. The van der Waals surface area contributed by atoms with Crippen molar-refractivity contribution in [3.05, 3.63) is 35.9 Å². The molecule has 1 saturated carbocycles. The number of hydrogen-bond acceptors (Lipinski definition) is 7. The Kier molecular flexibility index (Phi) is 6.61. The van der Waals surface area contributed by atoms with E-state index in [1.807, 2.05) is 23.0 Å². The summed E-state index contributed by atoms with van der Waals surface area (Å²) >= 11 is 0. The van der Waals surface area contributed by atoms with Crippen LogP contribution in [0.25, 0.3) is 0 Å². The molecule has 152 valence electrons. The number of nitrogens with zero attached hydrogens (tertiary/aromatic N) is 7. The summed E-state index contributed by atoms with van der Waals surface area (Å²) in [4.78, 5) is 9.82. The summed E-state index contributed by atoms with van der Waals surface area (Å²) in [7, 11) is 1.70. The van der Waals surface area contributed by atoms with Crippen LogP contribution in [0.3, 0.4) is 0 Å². The van der Waals surface area contributed by atoms with Gasteiger partial charge in [-0.05, 0) is 35.4 Å². The van der Waals surface area contributed by atoms with Gasteiger partial charge in [-0.25, -0.2) is 4.68 Å². The van der Waals surface area contributed by atoms with Crippen LogP contribution in [0.1, 0.15) is 49.7 Å². The maximum Gasteiger partial charge on any atom is 0.174 e. The molecule has 1 aliphatic heterocycles. The van der Waals surface area contributed by atoms with E-state index in [1.54, 1.807) is 7.11 Å². The molecule has 0 spiro atoms. The van der Waals surface area contributed by atoms with E-state index in [2.05, 4.69) is 36.4 Å². The van der Waals surface area contributed by atoms with E-state index in [-0.39, 0.29) is 6.04 Å². The molecule has 0 bridgehead atoms. The molecule has 2 aliphatic rings. The second kappa shape index (κ2) is 9.54. The molecule has 0 unspecified atom stereocenters. The lowest BCUT2D eigenvalue weighted by molar-refractivity contribution is 0.0606. The molecule has 0 amide bonds. The van der Waals surface area contributed by atoms with Gasteiger partial charge in [0.25, 0.3) is 0 Å². The van der Waals surface area contributed by atoms with Crippen molar-refractivity contribution in [2.75, 3.05) is 39.9 Å². The molecule has 28 heavy (non-hydrogen) atoms. The van der Waals surface area contributed by atoms with Crippen molar-refractivity contribution >= 4 is 0 Å². The van der Waals surface area contributed by atoms with Gasteiger partial charge >= 0.3 is 0 Å². The largest absolute Gasteiger partial charge is 0.383 e. The fourth-order valence-electron chi connectivity index (χ4n) is 4.57. The molecule has 4 rings (SSSR count). The van der Waals surface area contributed by atoms with Crippen molar-refractivity contribution in [2.45, 2.75) is 50.7 Å². The summed E-state index contributed by atoms with van der Waals surface area (Å²) in [6.45, 7) is 5.46. The summed E-state index contributed by atoms with van der Waals surface area (Å²) in [6.07, 6.45) is 8.75. The SMILES string of the molecule is COCCn1nnnc1[C@H](c1ccccn1)N1CCN(C2CCCCC2)CC1. The van der Waals surface area contributed by atoms with Gasteiger partial charge in [-0.3, -0.25) is 14.8 Å². The Morgan fingerprint density at radius 2 is 1.93 bits per heavy atom. The number of hydrogen-bond donors (Lipinski definition) is 0. The van der Waals surface area contributed by atoms with Gasteiger partial charge in [0.05, 0.1) is 18.8 Å². The van der Waals surface area contributed by atoms with Crippen molar-refractivity contribution in [2.24, 2.45) is 0 Å². The third-order valence-corrected chi connectivity index (χ3v) is 6.08. The highest BCUT2D eigenvalue weighted by Crippen LogP contribution is 2.29. The highest BCUT2D eigenvalue weighted by atomic mass is 16.5. The smallest absolute Gasteiger partial charge is 0.174 e. The topological polar surface area (TPSA) is 72.2 Å². The van der Waals surface area contributed by atoms with E-state index in [9.17, 15) is 0 Å². The van der Waals surface area contributed by atoms with E-state index in [4.69, 9.17) is 4.74 Å². The average Bonchev–Trinajstić information content (AvgIpc) is 3.22. The first-order valence-electron chi connectivity index (χ1n) is 10.5. The van der Waals surface area contributed by atoms with E-state index < -0.39 is 0 Å². The average molecular weight is 386 g/mol. The number of piperazine rings is 1. The van der Waals surface area contributed by atoms with E-state index in [0.29, 0.717) is 13.2 Å². The lowest BCUT2D eigenvalue weighted by Gasteiger charge is -2.42. The summed E-state index contributed by atoms with van der Waals surface area (Å²) in [5.41, 5.74) is 1.00.